The van der Waals surface area contributed by atoms with Crippen LogP contribution in [-0.2, 0) is 6.54 Å². The van der Waals surface area contributed by atoms with Crippen molar-refractivity contribution < 1.29 is 9.53 Å². The van der Waals surface area contributed by atoms with Gasteiger partial charge in [0.2, 0.25) is 5.82 Å². The number of hydrogen-bond donors (Lipinski definition) is 1. The molecule has 8 nitrogen and oxygen atoms in total. The Balaban J connectivity index is 1.34. The van der Waals surface area contributed by atoms with Crippen molar-refractivity contribution in [2.24, 2.45) is 5.10 Å². The summed E-state index contributed by atoms with van der Waals surface area (Å²) in [6.07, 6.45) is 1.58. The van der Waals surface area contributed by atoms with Crippen molar-refractivity contribution in [1.29, 1.82) is 0 Å². The number of amides is 1. The molecule has 3 aromatic carbocycles. The van der Waals surface area contributed by atoms with Gasteiger partial charge in [0, 0.05) is 11.1 Å². The van der Waals surface area contributed by atoms with E-state index in [9.17, 15) is 4.79 Å². The molecule has 0 saturated carbocycles. The Morgan fingerprint density at radius 1 is 1.03 bits per heavy atom. The smallest absolute Gasteiger partial charge is 0.271 e. The second-order valence-electron chi connectivity index (χ2n) is 6.68. The van der Waals surface area contributed by atoms with Crippen LogP contribution in [0.2, 0.25) is 0 Å². The van der Waals surface area contributed by atoms with E-state index in [1.807, 2.05) is 66.7 Å². The van der Waals surface area contributed by atoms with Crippen molar-refractivity contribution in [2.75, 3.05) is 7.11 Å². The third-order valence-corrected chi connectivity index (χ3v) is 4.52. The van der Waals surface area contributed by atoms with Crippen molar-refractivity contribution in [2.45, 2.75) is 6.54 Å². The molecule has 0 radical (unpaired) electrons. The van der Waals surface area contributed by atoms with Crippen LogP contribution in [0, 0.1) is 0 Å². The maximum absolute atomic E-state index is 12.3. The number of carbonyl (C=O) groups excluding carboxylic acids is 1. The number of rotatable bonds is 7. The molecule has 4 rings (SSSR count). The molecule has 154 valence electrons. The lowest BCUT2D eigenvalue weighted by molar-refractivity contribution is 0.0955. The molecule has 1 N–H and O–H groups in total. The maximum Gasteiger partial charge on any atom is 0.271 e. The minimum absolute atomic E-state index is 0.290. The highest BCUT2D eigenvalue weighted by atomic mass is 16.5. The van der Waals surface area contributed by atoms with Crippen LogP contribution in [0.1, 0.15) is 21.5 Å². The molecule has 1 heterocycles. The van der Waals surface area contributed by atoms with Crippen LogP contribution in [0.3, 0.4) is 0 Å². The fraction of sp³-hybridized carbons (Fsp3) is 0.0870. The number of tetrazole rings is 1. The van der Waals surface area contributed by atoms with Gasteiger partial charge in [0.25, 0.3) is 5.91 Å². The third kappa shape index (κ3) is 5.18. The van der Waals surface area contributed by atoms with Gasteiger partial charge in [-0.05, 0) is 52.7 Å². The van der Waals surface area contributed by atoms with E-state index in [0.717, 1.165) is 22.4 Å². The number of aromatic nitrogens is 4. The third-order valence-electron chi connectivity index (χ3n) is 4.52. The summed E-state index contributed by atoms with van der Waals surface area (Å²) in [5.74, 6) is 1.05. The second-order valence-corrected chi connectivity index (χ2v) is 6.68. The molecule has 0 aliphatic carbocycles. The van der Waals surface area contributed by atoms with E-state index in [-0.39, 0.29) is 5.91 Å². The number of ether oxygens (including phenoxy) is 1. The summed E-state index contributed by atoms with van der Waals surface area (Å²) in [6, 6.07) is 24.2. The van der Waals surface area contributed by atoms with E-state index < -0.39 is 0 Å². The van der Waals surface area contributed by atoms with E-state index in [2.05, 4.69) is 25.9 Å². The molecule has 0 saturated heterocycles. The largest absolute Gasteiger partial charge is 0.497 e. The van der Waals surface area contributed by atoms with Crippen molar-refractivity contribution in [3.8, 4) is 17.1 Å². The number of methoxy groups -OCH3 is 1. The van der Waals surface area contributed by atoms with Crippen molar-refractivity contribution in [3.63, 3.8) is 0 Å². The average Bonchev–Trinajstić information content (AvgIpc) is 3.29. The van der Waals surface area contributed by atoms with Gasteiger partial charge >= 0.3 is 0 Å². The molecule has 31 heavy (non-hydrogen) atoms. The molecule has 0 atom stereocenters. The number of hydrazone groups is 1. The van der Waals surface area contributed by atoms with E-state index in [4.69, 9.17) is 4.74 Å². The molecule has 1 amide bonds. The summed E-state index contributed by atoms with van der Waals surface area (Å²) in [4.78, 5) is 13.8. The normalized spacial score (nSPS) is 10.9. The lowest BCUT2D eigenvalue weighted by Crippen LogP contribution is -2.17. The van der Waals surface area contributed by atoms with Crippen LogP contribution in [0.15, 0.2) is 84.0 Å². The van der Waals surface area contributed by atoms with E-state index in [0.29, 0.717) is 17.9 Å². The number of nitrogens with one attached hydrogen (secondary N) is 1. The van der Waals surface area contributed by atoms with Crippen LogP contribution >= 0.6 is 0 Å². The fourth-order valence-electron chi connectivity index (χ4n) is 2.86. The Labute approximate surface area is 179 Å². The summed E-state index contributed by atoms with van der Waals surface area (Å²) in [5, 5.41) is 16.6. The molecule has 0 bridgehead atoms. The van der Waals surface area contributed by atoms with Gasteiger partial charge in [-0.15, -0.1) is 10.2 Å². The predicted octanol–water partition coefficient (Wildman–Crippen LogP) is 3.16. The minimum Gasteiger partial charge on any atom is -0.497 e. The molecule has 0 spiro atoms. The quantitative estimate of drug-likeness (QED) is 0.372. The molecule has 8 heteroatoms. The monoisotopic (exact) mass is 412 g/mol. The zero-order valence-electron chi connectivity index (χ0n) is 16.8. The number of hydrogen-bond acceptors (Lipinski definition) is 6. The first-order chi connectivity index (χ1) is 15.2. The van der Waals surface area contributed by atoms with Crippen molar-refractivity contribution in [1.82, 2.24) is 25.6 Å². The summed E-state index contributed by atoms with van der Waals surface area (Å²) in [7, 11) is 1.61. The van der Waals surface area contributed by atoms with E-state index in [1.165, 1.54) is 4.80 Å². The van der Waals surface area contributed by atoms with Crippen LogP contribution in [0.4, 0.5) is 0 Å². The Bertz CT molecular complexity index is 1170. The predicted molar refractivity (Wildman–Crippen MR) is 117 cm³/mol. The SMILES string of the molecule is COc1ccc(/C=N/NC(=O)c2ccc(Cn3nnc(-c4ccccc4)n3)cc2)cc1. The van der Waals surface area contributed by atoms with Gasteiger partial charge in [-0.2, -0.15) is 9.90 Å². The van der Waals surface area contributed by atoms with Gasteiger partial charge in [-0.25, -0.2) is 5.43 Å². The highest BCUT2D eigenvalue weighted by Gasteiger charge is 2.07. The molecule has 0 unspecified atom stereocenters. The molecule has 0 aliphatic rings. The van der Waals surface area contributed by atoms with Gasteiger partial charge in [-0.3, -0.25) is 4.79 Å². The Hall–Kier alpha value is -4.33. The average molecular weight is 412 g/mol. The van der Waals surface area contributed by atoms with Crippen molar-refractivity contribution in [3.05, 3.63) is 95.6 Å². The van der Waals surface area contributed by atoms with Gasteiger partial charge in [-0.1, -0.05) is 42.5 Å². The lowest BCUT2D eigenvalue weighted by Gasteiger charge is -2.03. The highest BCUT2D eigenvalue weighted by molar-refractivity contribution is 5.94. The van der Waals surface area contributed by atoms with Gasteiger partial charge in [0.05, 0.1) is 19.9 Å². The molecular weight excluding hydrogens is 392 g/mol. The van der Waals surface area contributed by atoms with E-state index >= 15 is 0 Å². The van der Waals surface area contributed by atoms with Crippen molar-refractivity contribution >= 4 is 12.1 Å². The first kappa shape index (κ1) is 20.0. The lowest BCUT2D eigenvalue weighted by atomic mass is 10.1. The summed E-state index contributed by atoms with van der Waals surface area (Å²) in [6.45, 7) is 0.456. The Morgan fingerprint density at radius 3 is 2.48 bits per heavy atom. The number of carbonyl (C=O) groups is 1. The zero-order valence-corrected chi connectivity index (χ0v) is 16.8. The van der Waals surface area contributed by atoms with E-state index in [1.54, 1.807) is 25.5 Å². The van der Waals surface area contributed by atoms with Crippen LogP contribution < -0.4 is 10.2 Å². The topological polar surface area (TPSA) is 94.3 Å². The van der Waals surface area contributed by atoms with Crippen LogP contribution in [0.25, 0.3) is 11.4 Å². The van der Waals surface area contributed by atoms with Gasteiger partial charge in [0.15, 0.2) is 0 Å². The van der Waals surface area contributed by atoms with Gasteiger partial charge in [0.1, 0.15) is 5.75 Å². The summed E-state index contributed by atoms with van der Waals surface area (Å²) in [5.41, 5.74) is 5.75. The first-order valence-electron chi connectivity index (χ1n) is 9.61. The standard InChI is InChI=1S/C23H20N6O2/c1-31-21-13-9-17(10-14-21)15-24-26-23(30)20-11-7-18(8-12-20)16-29-27-22(25-28-29)19-5-3-2-4-6-19/h2-15H,16H2,1H3,(H,26,30)/b24-15+. The minimum atomic E-state index is -0.290. The first-order valence-corrected chi connectivity index (χ1v) is 9.61. The van der Waals surface area contributed by atoms with Crippen LogP contribution in [0.5, 0.6) is 5.75 Å². The van der Waals surface area contributed by atoms with Crippen LogP contribution in [-0.4, -0.2) is 39.4 Å². The number of benzene rings is 3. The molecule has 1 aromatic heterocycles. The second kappa shape index (κ2) is 9.45. The maximum atomic E-state index is 12.3. The molecular formula is C23H20N6O2. The zero-order chi connectivity index (χ0) is 21.5. The number of nitrogens with zero attached hydrogens (tertiary/aromatic N) is 5. The fourth-order valence-corrected chi connectivity index (χ4v) is 2.86. The van der Waals surface area contributed by atoms with Gasteiger partial charge < -0.3 is 4.74 Å². The Kier molecular flexibility index (Phi) is 6.08. The summed E-state index contributed by atoms with van der Waals surface area (Å²) >= 11 is 0. The summed E-state index contributed by atoms with van der Waals surface area (Å²) < 4.78 is 5.11. The molecule has 4 aromatic rings. The molecule has 0 aliphatic heterocycles. The highest BCUT2D eigenvalue weighted by Crippen LogP contribution is 2.13. The Morgan fingerprint density at radius 2 is 1.77 bits per heavy atom. The molecule has 0 fully saturated rings.